The van der Waals surface area contributed by atoms with Crippen LogP contribution in [0.25, 0.3) is 10.9 Å². The number of rotatable bonds is 4. The Hall–Kier alpha value is -2.67. The molecule has 1 N–H and O–H groups in total. The van der Waals surface area contributed by atoms with Gasteiger partial charge in [0, 0.05) is 10.9 Å². The zero-order valence-corrected chi connectivity index (χ0v) is 16.9. The maximum Gasteiger partial charge on any atom is 0.326 e. The van der Waals surface area contributed by atoms with Crippen LogP contribution in [0, 0.1) is 5.92 Å². The number of ether oxygens (including phenoxy) is 1. The van der Waals surface area contributed by atoms with E-state index in [2.05, 4.69) is 10.3 Å². The van der Waals surface area contributed by atoms with Gasteiger partial charge >= 0.3 is 12.0 Å². The third kappa shape index (κ3) is 3.55. The number of hydrogen-bond acceptors (Lipinski definition) is 5. The minimum atomic E-state index is -0.888. The van der Waals surface area contributed by atoms with Gasteiger partial charge in [-0.1, -0.05) is 49.6 Å². The normalized spacial score (nSPS) is 24.2. The lowest BCUT2D eigenvalue weighted by Gasteiger charge is -2.36. The van der Waals surface area contributed by atoms with Crippen molar-refractivity contribution in [1.82, 2.24) is 15.2 Å². The summed E-state index contributed by atoms with van der Waals surface area (Å²) in [5, 5.41) is 3.96. The summed E-state index contributed by atoms with van der Waals surface area (Å²) in [6.45, 7) is 1.46. The molecule has 29 heavy (non-hydrogen) atoms. The molecule has 0 bridgehead atoms. The van der Waals surface area contributed by atoms with E-state index in [9.17, 15) is 14.4 Å². The van der Waals surface area contributed by atoms with Crippen molar-refractivity contribution in [3.8, 4) is 0 Å². The number of imide groups is 1. The topological polar surface area (TPSA) is 88.6 Å². The summed E-state index contributed by atoms with van der Waals surface area (Å²) < 4.78 is 5.28. The molecule has 0 radical (unpaired) electrons. The van der Waals surface area contributed by atoms with Gasteiger partial charge in [0.25, 0.3) is 5.91 Å². The first-order valence-corrected chi connectivity index (χ1v) is 10.1. The highest BCUT2D eigenvalue weighted by Crippen LogP contribution is 2.38. The van der Waals surface area contributed by atoms with Crippen molar-refractivity contribution in [1.29, 1.82) is 0 Å². The highest BCUT2D eigenvalue weighted by atomic mass is 35.5. The minimum Gasteiger partial charge on any atom is -0.459 e. The number of amides is 3. The van der Waals surface area contributed by atoms with Crippen LogP contribution >= 0.6 is 11.6 Å². The van der Waals surface area contributed by atoms with E-state index in [0.29, 0.717) is 12.0 Å². The average Bonchev–Trinajstić information content (AvgIpc) is 2.93. The maximum atomic E-state index is 12.9. The zero-order valence-electron chi connectivity index (χ0n) is 16.1. The first-order chi connectivity index (χ1) is 13.9. The second kappa shape index (κ2) is 7.63. The van der Waals surface area contributed by atoms with Crippen molar-refractivity contribution in [2.45, 2.75) is 44.8 Å². The lowest BCUT2D eigenvalue weighted by atomic mass is 9.73. The van der Waals surface area contributed by atoms with Gasteiger partial charge in [0.05, 0.1) is 5.52 Å². The molecule has 2 fully saturated rings. The molecule has 2 aromatic rings. The van der Waals surface area contributed by atoms with E-state index in [1.807, 2.05) is 37.3 Å². The number of carbonyl (C=O) groups excluding carboxylic acids is 3. The number of urea groups is 1. The summed E-state index contributed by atoms with van der Waals surface area (Å²) in [7, 11) is 0. The van der Waals surface area contributed by atoms with Gasteiger partial charge < -0.3 is 10.1 Å². The molecular formula is C21H22ClN3O4. The van der Waals surface area contributed by atoms with Crippen LogP contribution in [0.3, 0.4) is 0 Å². The van der Waals surface area contributed by atoms with Crippen LogP contribution < -0.4 is 5.32 Å². The molecule has 1 aromatic heterocycles. The molecular weight excluding hydrogens is 394 g/mol. The highest BCUT2D eigenvalue weighted by molar-refractivity contribution is 6.30. The first-order valence-electron chi connectivity index (χ1n) is 9.74. The Balaban J connectivity index is 1.42. The van der Waals surface area contributed by atoms with E-state index < -0.39 is 24.1 Å². The largest absolute Gasteiger partial charge is 0.459 e. The molecule has 1 saturated carbocycles. The number of nitrogens with zero attached hydrogens (tertiary/aromatic N) is 2. The summed E-state index contributed by atoms with van der Waals surface area (Å²) in [5.41, 5.74) is 0.424. The van der Waals surface area contributed by atoms with Crippen molar-refractivity contribution < 1.29 is 19.1 Å². The van der Waals surface area contributed by atoms with Crippen LogP contribution in [0.15, 0.2) is 30.3 Å². The number of hydrogen-bond donors (Lipinski definition) is 1. The molecule has 2 atom stereocenters. The Labute approximate surface area is 173 Å². The summed E-state index contributed by atoms with van der Waals surface area (Å²) in [4.78, 5) is 42.9. The number of aromatic nitrogens is 1. The van der Waals surface area contributed by atoms with Crippen LogP contribution in [0.4, 0.5) is 4.79 Å². The smallest absolute Gasteiger partial charge is 0.326 e. The standard InChI is InChI=1S/C21H22ClN3O4/c1-13-6-4-5-9-21(13)19(27)25(20(28)24-21)11-17(26)29-12-15-10-14-7-2-3-8-16(14)23-18(15)22/h2-3,7-8,10,13H,4-6,9,11-12H2,1H3,(H,24,28)/t13-,21+/m0/s1. The number of esters is 1. The quantitative estimate of drug-likeness (QED) is 0.469. The number of benzene rings is 1. The molecule has 1 aromatic carbocycles. The van der Waals surface area contributed by atoms with Gasteiger partial charge in [-0.05, 0) is 30.9 Å². The minimum absolute atomic E-state index is 0.0381. The number of carbonyl (C=O) groups is 3. The zero-order chi connectivity index (χ0) is 20.6. The number of halogens is 1. The Bertz CT molecular complexity index is 995. The average molecular weight is 416 g/mol. The predicted molar refractivity (Wildman–Crippen MR) is 107 cm³/mol. The van der Waals surface area contributed by atoms with Crippen molar-refractivity contribution in [3.05, 3.63) is 41.0 Å². The molecule has 1 aliphatic carbocycles. The van der Waals surface area contributed by atoms with Crippen LogP contribution in [0.2, 0.25) is 5.15 Å². The second-order valence-corrected chi connectivity index (χ2v) is 8.09. The molecule has 8 heteroatoms. The van der Waals surface area contributed by atoms with E-state index in [4.69, 9.17) is 16.3 Å². The molecule has 4 rings (SSSR count). The number of para-hydroxylation sites is 1. The Morgan fingerprint density at radius 2 is 2.14 bits per heavy atom. The maximum absolute atomic E-state index is 12.9. The Morgan fingerprint density at radius 1 is 1.34 bits per heavy atom. The first kappa shape index (κ1) is 19.6. The fourth-order valence-corrected chi connectivity index (χ4v) is 4.41. The molecule has 1 spiro atoms. The molecule has 1 aliphatic heterocycles. The van der Waals surface area contributed by atoms with E-state index in [1.54, 1.807) is 0 Å². The third-order valence-corrected chi connectivity index (χ3v) is 6.25. The molecule has 1 saturated heterocycles. The molecule has 152 valence electrons. The lowest BCUT2D eigenvalue weighted by molar-refractivity contribution is -0.149. The summed E-state index contributed by atoms with van der Waals surface area (Å²) in [6, 6.07) is 8.76. The molecule has 7 nitrogen and oxygen atoms in total. The van der Waals surface area contributed by atoms with Gasteiger partial charge in [0.1, 0.15) is 23.8 Å². The van der Waals surface area contributed by atoms with Crippen molar-refractivity contribution >= 4 is 40.4 Å². The SMILES string of the molecule is C[C@H]1CCCC[C@@]12NC(=O)N(CC(=O)OCc1cc3ccccc3nc1Cl)C2=O. The van der Waals surface area contributed by atoms with Gasteiger partial charge in [0.15, 0.2) is 0 Å². The fourth-order valence-electron chi connectivity index (χ4n) is 4.21. The van der Waals surface area contributed by atoms with E-state index in [0.717, 1.165) is 35.1 Å². The van der Waals surface area contributed by atoms with E-state index >= 15 is 0 Å². The van der Waals surface area contributed by atoms with Crippen molar-refractivity contribution in [3.63, 3.8) is 0 Å². The molecule has 2 aliphatic rings. The number of nitrogens with one attached hydrogen (secondary N) is 1. The van der Waals surface area contributed by atoms with Crippen molar-refractivity contribution in [2.75, 3.05) is 6.54 Å². The van der Waals surface area contributed by atoms with Gasteiger partial charge in [-0.3, -0.25) is 14.5 Å². The Kier molecular flexibility index (Phi) is 5.17. The van der Waals surface area contributed by atoms with Gasteiger partial charge in [-0.2, -0.15) is 0 Å². The number of fused-ring (bicyclic) bond motifs is 1. The van der Waals surface area contributed by atoms with Crippen LogP contribution in [0.1, 0.15) is 38.2 Å². The number of pyridine rings is 1. The van der Waals surface area contributed by atoms with E-state index in [-0.39, 0.29) is 23.6 Å². The third-order valence-electron chi connectivity index (χ3n) is 5.93. The second-order valence-electron chi connectivity index (χ2n) is 7.73. The summed E-state index contributed by atoms with van der Waals surface area (Å²) in [5.74, 6) is -0.966. The van der Waals surface area contributed by atoms with Crippen LogP contribution in [0.5, 0.6) is 0 Å². The molecule has 3 amide bonds. The Morgan fingerprint density at radius 3 is 2.93 bits per heavy atom. The molecule has 0 unspecified atom stereocenters. The fraction of sp³-hybridized carbons (Fsp3) is 0.429. The van der Waals surface area contributed by atoms with Gasteiger partial charge in [-0.15, -0.1) is 0 Å². The van der Waals surface area contributed by atoms with Crippen LogP contribution in [-0.4, -0.2) is 39.9 Å². The van der Waals surface area contributed by atoms with Crippen LogP contribution in [-0.2, 0) is 20.9 Å². The predicted octanol–water partition coefficient (Wildman–Crippen LogP) is 3.43. The summed E-state index contributed by atoms with van der Waals surface area (Å²) in [6.07, 6.45) is 3.39. The van der Waals surface area contributed by atoms with Gasteiger partial charge in [-0.25, -0.2) is 9.78 Å². The molecule has 2 heterocycles. The highest BCUT2D eigenvalue weighted by Gasteiger charge is 2.55. The lowest BCUT2D eigenvalue weighted by Crippen LogP contribution is -2.54. The van der Waals surface area contributed by atoms with Gasteiger partial charge in [0.2, 0.25) is 0 Å². The summed E-state index contributed by atoms with van der Waals surface area (Å²) >= 11 is 6.19. The van der Waals surface area contributed by atoms with Crippen molar-refractivity contribution in [2.24, 2.45) is 5.92 Å². The van der Waals surface area contributed by atoms with E-state index in [1.165, 1.54) is 0 Å². The monoisotopic (exact) mass is 415 g/mol.